The number of hydrogen-bond donors (Lipinski definition) is 0. The number of amides is 2. The summed E-state index contributed by atoms with van der Waals surface area (Å²) >= 11 is 3.16. The van der Waals surface area contributed by atoms with E-state index in [0.29, 0.717) is 15.7 Å². The number of carbonyl (C=O) groups is 2. The molecule has 1 aliphatic rings. The Morgan fingerprint density at radius 2 is 1.79 bits per heavy atom. The lowest BCUT2D eigenvalue weighted by atomic mass is 10.1. The van der Waals surface area contributed by atoms with E-state index in [9.17, 15) is 9.59 Å². The fourth-order valence-corrected chi connectivity index (χ4v) is 2.19. The standard InChI is InChI=1S/C13H8BrN3O2/c1-7-2-3-8-9(4-7)13(19)17(12(8)18)11-6-15-10(14)5-16-11/h2-6H,1H3. The van der Waals surface area contributed by atoms with Crippen LogP contribution in [0, 0.1) is 6.92 Å². The number of nitrogens with zero attached hydrogens (tertiary/aromatic N) is 3. The first-order chi connectivity index (χ1) is 9.08. The minimum absolute atomic E-state index is 0.229. The van der Waals surface area contributed by atoms with Gasteiger partial charge in [-0.1, -0.05) is 11.6 Å². The maximum Gasteiger partial charge on any atom is 0.267 e. The molecule has 19 heavy (non-hydrogen) atoms. The summed E-state index contributed by atoms with van der Waals surface area (Å²) in [5.74, 6) is -0.496. The smallest absolute Gasteiger partial charge is 0.267 e. The van der Waals surface area contributed by atoms with Gasteiger partial charge in [-0.15, -0.1) is 0 Å². The van der Waals surface area contributed by atoms with Gasteiger partial charge in [-0.3, -0.25) is 9.59 Å². The van der Waals surface area contributed by atoms with Crippen LogP contribution in [-0.2, 0) is 0 Å². The monoisotopic (exact) mass is 317 g/mol. The van der Waals surface area contributed by atoms with Crippen LogP contribution < -0.4 is 4.90 Å². The highest BCUT2D eigenvalue weighted by Crippen LogP contribution is 2.27. The summed E-state index contributed by atoms with van der Waals surface area (Å²) in [6.07, 6.45) is 2.84. The average molecular weight is 318 g/mol. The highest BCUT2D eigenvalue weighted by molar-refractivity contribution is 9.10. The molecule has 1 aliphatic heterocycles. The summed E-state index contributed by atoms with van der Waals surface area (Å²) < 4.78 is 0.545. The topological polar surface area (TPSA) is 63.2 Å². The number of fused-ring (bicyclic) bond motifs is 1. The van der Waals surface area contributed by atoms with Crippen LogP contribution >= 0.6 is 15.9 Å². The summed E-state index contributed by atoms with van der Waals surface area (Å²) in [5, 5.41) is 0. The van der Waals surface area contributed by atoms with Gasteiger partial charge >= 0.3 is 0 Å². The normalized spacial score (nSPS) is 13.9. The van der Waals surface area contributed by atoms with E-state index in [4.69, 9.17) is 0 Å². The number of carbonyl (C=O) groups excluding carboxylic acids is 2. The van der Waals surface area contributed by atoms with Gasteiger partial charge in [-0.25, -0.2) is 14.9 Å². The van der Waals surface area contributed by atoms with Crippen molar-refractivity contribution in [2.75, 3.05) is 4.90 Å². The quantitative estimate of drug-likeness (QED) is 0.757. The van der Waals surface area contributed by atoms with Gasteiger partial charge in [0.1, 0.15) is 4.60 Å². The Morgan fingerprint density at radius 3 is 2.47 bits per heavy atom. The van der Waals surface area contributed by atoms with Crippen molar-refractivity contribution in [3.63, 3.8) is 0 Å². The minimum atomic E-state index is -0.364. The van der Waals surface area contributed by atoms with Crippen molar-refractivity contribution in [3.05, 3.63) is 51.9 Å². The summed E-state index contributed by atoms with van der Waals surface area (Å²) in [6, 6.07) is 5.18. The number of anilines is 1. The van der Waals surface area contributed by atoms with Gasteiger partial charge < -0.3 is 0 Å². The maximum absolute atomic E-state index is 12.3. The molecule has 0 fully saturated rings. The molecule has 0 bridgehead atoms. The van der Waals surface area contributed by atoms with Gasteiger partial charge in [0.15, 0.2) is 5.82 Å². The van der Waals surface area contributed by atoms with Crippen molar-refractivity contribution < 1.29 is 9.59 Å². The Balaban J connectivity index is 2.10. The van der Waals surface area contributed by atoms with Gasteiger partial charge in [0.05, 0.1) is 23.5 Å². The molecule has 94 valence electrons. The van der Waals surface area contributed by atoms with Crippen LogP contribution in [0.5, 0.6) is 0 Å². The van der Waals surface area contributed by atoms with E-state index in [-0.39, 0.29) is 17.6 Å². The molecule has 0 radical (unpaired) electrons. The Labute approximate surface area is 117 Å². The minimum Gasteiger partial charge on any atom is -0.268 e. The van der Waals surface area contributed by atoms with Crippen LogP contribution in [0.3, 0.4) is 0 Å². The zero-order valence-electron chi connectivity index (χ0n) is 9.92. The lowest BCUT2D eigenvalue weighted by Crippen LogP contribution is -2.30. The Morgan fingerprint density at radius 1 is 1.05 bits per heavy atom. The lowest BCUT2D eigenvalue weighted by molar-refractivity contribution is 0.0925. The van der Waals surface area contributed by atoms with Crippen LogP contribution in [-0.4, -0.2) is 21.8 Å². The molecule has 6 heteroatoms. The Hall–Kier alpha value is -2.08. The third-order valence-electron chi connectivity index (χ3n) is 2.88. The fourth-order valence-electron chi connectivity index (χ4n) is 1.98. The summed E-state index contributed by atoms with van der Waals surface area (Å²) in [7, 11) is 0. The first kappa shape index (κ1) is 12.0. The number of imide groups is 1. The number of aromatic nitrogens is 2. The number of hydrogen-bond acceptors (Lipinski definition) is 4. The molecule has 2 amide bonds. The van der Waals surface area contributed by atoms with E-state index >= 15 is 0 Å². The van der Waals surface area contributed by atoms with Crippen molar-refractivity contribution in [2.24, 2.45) is 0 Å². The zero-order chi connectivity index (χ0) is 13.6. The van der Waals surface area contributed by atoms with Crippen LogP contribution in [0.15, 0.2) is 35.2 Å². The van der Waals surface area contributed by atoms with Crippen molar-refractivity contribution in [2.45, 2.75) is 6.92 Å². The van der Waals surface area contributed by atoms with E-state index in [2.05, 4.69) is 25.9 Å². The largest absolute Gasteiger partial charge is 0.268 e. The van der Waals surface area contributed by atoms with Gasteiger partial charge in [0, 0.05) is 0 Å². The van der Waals surface area contributed by atoms with Crippen molar-refractivity contribution in [1.82, 2.24) is 9.97 Å². The summed E-state index contributed by atoms with van der Waals surface area (Å²) in [4.78, 5) is 33.6. The van der Waals surface area contributed by atoms with E-state index in [1.54, 1.807) is 18.2 Å². The third-order valence-corrected chi connectivity index (χ3v) is 3.29. The van der Waals surface area contributed by atoms with Gasteiger partial charge in [0.25, 0.3) is 11.8 Å². The zero-order valence-corrected chi connectivity index (χ0v) is 11.5. The molecule has 2 aromatic rings. The van der Waals surface area contributed by atoms with E-state index < -0.39 is 0 Å². The van der Waals surface area contributed by atoms with Gasteiger partial charge in [-0.05, 0) is 35.0 Å². The predicted octanol–water partition coefficient (Wildman–Crippen LogP) is 2.35. The number of halogens is 1. The molecule has 1 aromatic heterocycles. The second-order valence-electron chi connectivity index (χ2n) is 4.19. The molecular weight excluding hydrogens is 310 g/mol. The number of rotatable bonds is 1. The molecule has 1 aromatic carbocycles. The highest BCUT2D eigenvalue weighted by atomic mass is 79.9. The average Bonchev–Trinajstić information content (AvgIpc) is 2.63. The molecule has 3 rings (SSSR count). The van der Waals surface area contributed by atoms with Crippen LogP contribution in [0.2, 0.25) is 0 Å². The fraction of sp³-hybridized carbons (Fsp3) is 0.0769. The molecule has 0 N–H and O–H groups in total. The first-order valence-corrected chi connectivity index (χ1v) is 6.34. The molecule has 0 spiro atoms. The second kappa shape index (κ2) is 4.24. The second-order valence-corrected chi connectivity index (χ2v) is 5.00. The number of benzene rings is 1. The van der Waals surface area contributed by atoms with Gasteiger partial charge in [-0.2, -0.15) is 0 Å². The molecule has 0 aliphatic carbocycles. The summed E-state index contributed by atoms with van der Waals surface area (Å²) in [5.41, 5.74) is 1.75. The van der Waals surface area contributed by atoms with Crippen molar-refractivity contribution in [1.29, 1.82) is 0 Å². The molecule has 0 unspecified atom stereocenters. The van der Waals surface area contributed by atoms with Gasteiger partial charge in [0.2, 0.25) is 0 Å². The molecule has 0 saturated heterocycles. The van der Waals surface area contributed by atoms with E-state index in [1.807, 2.05) is 6.92 Å². The van der Waals surface area contributed by atoms with Crippen LogP contribution in [0.4, 0.5) is 5.82 Å². The lowest BCUT2D eigenvalue weighted by Gasteiger charge is -2.11. The van der Waals surface area contributed by atoms with Crippen molar-refractivity contribution >= 4 is 33.6 Å². The molecule has 5 nitrogen and oxygen atoms in total. The molecule has 2 heterocycles. The third kappa shape index (κ3) is 1.84. The Kier molecular flexibility index (Phi) is 2.67. The maximum atomic E-state index is 12.3. The van der Waals surface area contributed by atoms with Crippen LogP contribution in [0.1, 0.15) is 26.3 Å². The Bertz CT molecular complexity index is 698. The molecular formula is C13H8BrN3O2. The van der Waals surface area contributed by atoms with Crippen molar-refractivity contribution in [3.8, 4) is 0 Å². The molecule has 0 saturated carbocycles. The number of aryl methyl sites for hydroxylation is 1. The van der Waals surface area contributed by atoms with E-state index in [1.165, 1.54) is 12.4 Å². The SMILES string of the molecule is Cc1ccc2c(c1)C(=O)N(c1cnc(Br)cn1)C2=O. The molecule has 0 atom stereocenters. The highest BCUT2D eigenvalue weighted by Gasteiger charge is 2.37. The van der Waals surface area contributed by atoms with E-state index in [0.717, 1.165) is 10.5 Å². The predicted molar refractivity (Wildman–Crippen MR) is 72.1 cm³/mol. The van der Waals surface area contributed by atoms with Crippen LogP contribution in [0.25, 0.3) is 0 Å². The summed E-state index contributed by atoms with van der Waals surface area (Å²) in [6.45, 7) is 1.88. The first-order valence-electron chi connectivity index (χ1n) is 5.55.